The molecule has 4 fully saturated rings. The average molecular weight is 892 g/mol. The number of aromatic nitrogens is 2. The normalized spacial score (nSPS) is 24.9. The second kappa shape index (κ2) is 16.2. The fourth-order valence-electron chi connectivity index (χ4n) is 9.33. The number of nitrogens with zero attached hydrogens (tertiary/aromatic N) is 4. The van der Waals surface area contributed by atoms with E-state index in [1.807, 2.05) is 0 Å². The number of benzene rings is 2. The number of Topliss-reactive ketones (excluding diaryl/α,β-unsaturated/α-hetero) is 1. The second-order valence-corrected chi connectivity index (χ2v) is 20.1. The highest BCUT2D eigenvalue weighted by Crippen LogP contribution is 2.57. The van der Waals surface area contributed by atoms with E-state index in [2.05, 4.69) is 26.3 Å². The monoisotopic (exact) mass is 891 g/mol. The van der Waals surface area contributed by atoms with Gasteiger partial charge in [0.25, 0.3) is 11.8 Å². The first kappa shape index (κ1) is 42.2. The Bertz CT molecular complexity index is 2620. The van der Waals surface area contributed by atoms with Gasteiger partial charge in [-0.15, -0.1) is 18.3 Å². The highest BCUT2D eigenvalue weighted by atomic mass is 32.2. The summed E-state index contributed by atoms with van der Waals surface area (Å²) in [4.78, 5) is 70.7. The number of aliphatic imine (C=N–C) groups is 1. The van der Waals surface area contributed by atoms with E-state index in [0.717, 1.165) is 44.2 Å². The Hall–Kier alpha value is -5.10. The Morgan fingerprint density at radius 2 is 1.79 bits per heavy atom. The van der Waals surface area contributed by atoms with E-state index < -0.39 is 68.1 Å². The number of likely N-dealkylation sites (tertiary alicyclic amines) is 1. The third kappa shape index (κ3) is 8.27. The molecule has 4 aromatic rings. The van der Waals surface area contributed by atoms with Crippen molar-refractivity contribution >= 4 is 72.4 Å². The van der Waals surface area contributed by atoms with Crippen molar-refractivity contribution in [3.8, 4) is 17.3 Å². The number of para-hydroxylation sites is 1. The molecule has 4 heterocycles. The summed E-state index contributed by atoms with van der Waals surface area (Å²) in [7, 11) is -3.92. The van der Waals surface area contributed by atoms with Crippen LogP contribution in [0.4, 0.5) is 13.2 Å². The van der Waals surface area contributed by atoms with Crippen LogP contribution in [0, 0.1) is 23.2 Å². The smallest absolute Gasteiger partial charge is 0.416 e. The molecule has 0 unspecified atom stereocenters. The van der Waals surface area contributed by atoms with E-state index >= 15 is 4.79 Å². The van der Waals surface area contributed by atoms with Crippen LogP contribution in [0.3, 0.4) is 0 Å². The topological polar surface area (TPSA) is 178 Å². The number of hydrogen-bond donors (Lipinski definition) is 1. The van der Waals surface area contributed by atoms with Gasteiger partial charge >= 0.3 is 6.18 Å². The molecular weight excluding hydrogens is 848 g/mol. The van der Waals surface area contributed by atoms with Crippen LogP contribution in [-0.4, -0.2) is 81.5 Å². The molecule has 2 aromatic heterocycles. The van der Waals surface area contributed by atoms with Crippen molar-refractivity contribution < 1.29 is 49.9 Å². The fourth-order valence-corrected chi connectivity index (χ4v) is 11.5. The van der Waals surface area contributed by atoms with Gasteiger partial charge in [0.05, 0.1) is 39.6 Å². The number of carbonyl (C=O) groups excluding carboxylic acids is 4. The lowest BCUT2D eigenvalue weighted by molar-refractivity contribution is -0.143. The lowest BCUT2D eigenvalue weighted by Gasteiger charge is -2.34. The van der Waals surface area contributed by atoms with E-state index in [1.165, 1.54) is 28.8 Å². The predicted octanol–water partition coefficient (Wildman–Crippen LogP) is 7.43. The number of rotatable bonds is 14. The molecular formula is C44H44F3N5O8S2. The molecule has 0 bridgehead atoms. The quantitative estimate of drug-likeness (QED) is 0.125. The summed E-state index contributed by atoms with van der Waals surface area (Å²) in [5, 5.41) is 0.516. The minimum atomic E-state index is -4.56. The number of alkyl halides is 3. The predicted molar refractivity (Wildman–Crippen MR) is 224 cm³/mol. The lowest BCUT2D eigenvalue weighted by Crippen LogP contribution is -2.47. The van der Waals surface area contributed by atoms with Crippen LogP contribution in [0.25, 0.3) is 33.5 Å². The minimum absolute atomic E-state index is 0.0195. The largest absolute Gasteiger partial charge is 0.470 e. The first-order chi connectivity index (χ1) is 29.6. The van der Waals surface area contributed by atoms with E-state index in [1.54, 1.807) is 30.3 Å². The minimum Gasteiger partial charge on any atom is -0.470 e. The Labute approximate surface area is 359 Å². The highest BCUT2D eigenvalue weighted by Gasteiger charge is 2.61. The van der Waals surface area contributed by atoms with Crippen LogP contribution in [0.15, 0.2) is 70.6 Å². The third-order valence-corrected chi connectivity index (χ3v) is 15.8. The number of fused-ring (bicyclic) bond motifs is 3. The molecule has 3 amide bonds. The van der Waals surface area contributed by atoms with Crippen molar-refractivity contribution in [2.75, 3.05) is 12.3 Å². The number of thioether (sulfide) groups is 1. The molecule has 1 N–H and O–H groups in total. The molecule has 2 aliphatic heterocycles. The number of nitrogens with one attached hydrogen (secondary N) is 1. The number of amides is 3. The maximum absolute atomic E-state index is 15.1. The van der Waals surface area contributed by atoms with Gasteiger partial charge in [-0.05, 0) is 68.2 Å². The number of ether oxygens (including phenoxy) is 1. The zero-order chi connectivity index (χ0) is 43.6. The maximum Gasteiger partial charge on any atom is 0.416 e. The Balaban J connectivity index is 1.07. The molecule has 0 spiro atoms. The van der Waals surface area contributed by atoms with Crippen LogP contribution in [-0.2, 0) is 35.4 Å². The summed E-state index contributed by atoms with van der Waals surface area (Å²) < 4.78 is 81.2. The van der Waals surface area contributed by atoms with Crippen molar-refractivity contribution in [1.29, 1.82) is 0 Å². The average Bonchev–Trinajstić information content (AvgIpc) is 4.11. The van der Waals surface area contributed by atoms with Crippen LogP contribution in [0.1, 0.15) is 76.2 Å². The molecule has 2 aromatic carbocycles. The van der Waals surface area contributed by atoms with Gasteiger partial charge in [0.15, 0.2) is 11.6 Å². The molecule has 326 valence electrons. The molecule has 62 heavy (non-hydrogen) atoms. The zero-order valence-corrected chi connectivity index (χ0v) is 35.2. The van der Waals surface area contributed by atoms with E-state index in [9.17, 15) is 36.0 Å². The van der Waals surface area contributed by atoms with Gasteiger partial charge in [0.1, 0.15) is 17.2 Å². The second-order valence-electron chi connectivity index (χ2n) is 17.1. The molecule has 3 aliphatic carbocycles. The highest BCUT2D eigenvalue weighted by molar-refractivity contribution is 8.15. The first-order valence-corrected chi connectivity index (χ1v) is 23.5. The summed E-state index contributed by atoms with van der Waals surface area (Å²) in [6.07, 6.45) is 1.54. The number of sulfonamides is 1. The van der Waals surface area contributed by atoms with E-state index in [-0.39, 0.29) is 78.6 Å². The van der Waals surface area contributed by atoms with Crippen LogP contribution in [0.5, 0.6) is 5.88 Å². The number of carbonyl (C=O) groups is 4. The molecule has 13 nitrogen and oxygen atoms in total. The molecule has 18 heteroatoms. The summed E-state index contributed by atoms with van der Waals surface area (Å²) in [5.74, 6) is -2.68. The number of hydrogen-bond acceptors (Lipinski definition) is 11. The van der Waals surface area contributed by atoms with E-state index in [0.29, 0.717) is 34.4 Å². The summed E-state index contributed by atoms with van der Waals surface area (Å²) in [5.41, 5.74) is -0.964. The van der Waals surface area contributed by atoms with Gasteiger partial charge in [0, 0.05) is 36.1 Å². The Kier molecular flexibility index (Phi) is 11.0. The van der Waals surface area contributed by atoms with E-state index in [4.69, 9.17) is 9.15 Å². The van der Waals surface area contributed by atoms with Crippen molar-refractivity contribution in [3.05, 3.63) is 66.7 Å². The van der Waals surface area contributed by atoms with Crippen LogP contribution >= 0.6 is 11.8 Å². The van der Waals surface area contributed by atoms with Crippen LogP contribution < -0.4 is 9.46 Å². The standard InChI is InChI=1S/C44H44F3N5O8S2/c1-2-26-20-43(26,42(56)51-62(57,58)29-16-17-29)21-33(53)32-18-28(22-52(32)41(55)31(24-8-4-3-5-9-24)19-36-48-35(54)23-61-36)59-40-38-37(30-10-6-7-11-34(30)60-38)49-39(50-40)25-12-14-27(15-13-25)44(45,46)47/h2,6-7,10-15,24,26,28-29,31-32H,1,3-5,8-9,16-23H2,(H,51,56)/t26-,28-,31+,32+,43-/m1/s1. The molecule has 5 atom stereocenters. The molecule has 5 aliphatic rings. The van der Waals surface area contributed by atoms with Crippen molar-refractivity contribution in [3.63, 3.8) is 0 Å². The number of halogens is 3. The van der Waals surface area contributed by atoms with Gasteiger partial charge in [-0.3, -0.25) is 23.9 Å². The summed E-state index contributed by atoms with van der Waals surface area (Å²) >= 11 is 1.30. The SMILES string of the molecule is C=C[C@@H]1C[C@]1(CC(=O)[C@@H]1C[C@@H](Oc2nc(-c3ccc(C(F)(F)F)cc3)nc3c2oc2ccccc23)CN1C(=O)[C@@H](CC1=NC(=O)CS1)C1CCCCC1)C(=O)NS(=O)(=O)C1CC1. The molecule has 9 rings (SSSR count). The molecule has 1 saturated heterocycles. The van der Waals surface area contributed by atoms with Crippen molar-refractivity contribution in [2.45, 2.75) is 94.2 Å². The van der Waals surface area contributed by atoms with Gasteiger partial charge < -0.3 is 14.1 Å². The fraction of sp³-hybridized carbons (Fsp3) is 0.477. The number of furan rings is 1. The van der Waals surface area contributed by atoms with Crippen molar-refractivity contribution in [2.24, 2.45) is 28.2 Å². The van der Waals surface area contributed by atoms with Gasteiger partial charge in [-0.1, -0.05) is 49.6 Å². The van der Waals surface area contributed by atoms with Gasteiger partial charge in [-0.25, -0.2) is 18.4 Å². The summed E-state index contributed by atoms with van der Waals surface area (Å²) in [6.45, 7) is 3.76. The maximum atomic E-state index is 15.1. The first-order valence-electron chi connectivity index (χ1n) is 20.9. The van der Waals surface area contributed by atoms with Gasteiger partial charge in [-0.2, -0.15) is 18.2 Å². The number of allylic oxidation sites excluding steroid dienone is 1. The van der Waals surface area contributed by atoms with Crippen LogP contribution in [0.2, 0.25) is 0 Å². The van der Waals surface area contributed by atoms with Gasteiger partial charge in [0.2, 0.25) is 27.4 Å². The summed E-state index contributed by atoms with van der Waals surface area (Å²) in [6, 6.07) is 10.4. The molecule has 0 radical (unpaired) electrons. The zero-order valence-electron chi connectivity index (χ0n) is 33.6. The van der Waals surface area contributed by atoms with Crippen molar-refractivity contribution in [1.82, 2.24) is 19.6 Å². The Morgan fingerprint density at radius 3 is 2.45 bits per heavy atom. The number of ketones is 1. The Morgan fingerprint density at radius 1 is 1.05 bits per heavy atom. The molecule has 3 saturated carbocycles. The lowest BCUT2D eigenvalue weighted by atomic mass is 9.77. The third-order valence-electron chi connectivity index (χ3n) is 13.0.